The molecule has 0 radical (unpaired) electrons. The molecule has 0 saturated carbocycles. The summed E-state index contributed by atoms with van der Waals surface area (Å²) in [6.07, 6.45) is 0.921. The summed E-state index contributed by atoms with van der Waals surface area (Å²) in [7, 11) is 7.94. The van der Waals surface area contributed by atoms with Crippen LogP contribution in [-0.4, -0.2) is 55.1 Å². The van der Waals surface area contributed by atoms with Crippen LogP contribution < -0.4 is 29.0 Å². The smallest absolute Gasteiger partial charge is 0.203 e. The van der Waals surface area contributed by atoms with Gasteiger partial charge in [-0.2, -0.15) is 0 Å². The summed E-state index contributed by atoms with van der Waals surface area (Å²) in [5.74, 6) is 4.94. The lowest BCUT2D eigenvalue weighted by Gasteiger charge is -2.16. The molecule has 0 fully saturated rings. The largest absolute Gasteiger partial charge is 0.493 e. The molecule has 1 atom stereocenters. The van der Waals surface area contributed by atoms with Gasteiger partial charge >= 0.3 is 0 Å². The van der Waals surface area contributed by atoms with E-state index in [1.54, 1.807) is 35.5 Å². The molecule has 1 unspecified atom stereocenters. The Bertz CT molecular complexity index is 1390. The van der Waals surface area contributed by atoms with Gasteiger partial charge in [-0.3, -0.25) is 0 Å². The van der Waals surface area contributed by atoms with Crippen LogP contribution in [0.3, 0.4) is 0 Å². The Morgan fingerprint density at radius 1 is 0.838 bits per heavy atom. The summed E-state index contributed by atoms with van der Waals surface area (Å²) in [6, 6.07) is 9.26. The number of aryl methyl sites for hydroxylation is 1. The van der Waals surface area contributed by atoms with E-state index in [4.69, 9.17) is 38.8 Å². The van der Waals surface area contributed by atoms with E-state index in [0.717, 1.165) is 29.0 Å². The average Bonchev–Trinajstić information content (AvgIpc) is 3.27. The summed E-state index contributed by atoms with van der Waals surface area (Å²) >= 11 is 0. The van der Waals surface area contributed by atoms with Gasteiger partial charge in [0.25, 0.3) is 0 Å². The van der Waals surface area contributed by atoms with Crippen molar-refractivity contribution in [2.24, 2.45) is 0 Å². The average molecular weight is 508 g/mol. The number of benzene rings is 2. The van der Waals surface area contributed by atoms with Crippen LogP contribution in [0.25, 0.3) is 16.9 Å². The Hall–Kier alpha value is -4.21. The number of fused-ring (bicyclic) bond motifs is 1. The Balaban J connectivity index is 1.94. The predicted octanol–water partition coefficient (Wildman–Crippen LogP) is 5.40. The minimum atomic E-state index is 0.198. The predicted molar refractivity (Wildman–Crippen MR) is 142 cm³/mol. The van der Waals surface area contributed by atoms with Crippen molar-refractivity contribution in [2.75, 3.05) is 40.9 Å². The molecule has 0 aliphatic carbocycles. The van der Waals surface area contributed by atoms with E-state index >= 15 is 0 Å². The van der Waals surface area contributed by atoms with Crippen molar-refractivity contribution in [1.29, 1.82) is 0 Å². The van der Waals surface area contributed by atoms with Crippen LogP contribution in [0.15, 0.2) is 30.3 Å². The third kappa shape index (κ3) is 4.78. The van der Waals surface area contributed by atoms with E-state index in [9.17, 15) is 0 Å². The number of anilines is 2. The summed E-state index contributed by atoms with van der Waals surface area (Å²) < 4.78 is 29.3. The van der Waals surface area contributed by atoms with Crippen molar-refractivity contribution in [3.63, 3.8) is 0 Å². The Morgan fingerprint density at radius 2 is 1.49 bits per heavy atom. The van der Waals surface area contributed by atoms with Gasteiger partial charge in [0.15, 0.2) is 34.6 Å². The Labute approximate surface area is 216 Å². The number of imidazole rings is 1. The second-order valence-electron chi connectivity index (χ2n) is 8.52. The first kappa shape index (κ1) is 25.9. The highest BCUT2D eigenvalue weighted by molar-refractivity contribution is 5.79. The van der Waals surface area contributed by atoms with Crippen molar-refractivity contribution in [1.82, 2.24) is 19.6 Å². The van der Waals surface area contributed by atoms with Crippen LogP contribution in [-0.2, 0) is 0 Å². The van der Waals surface area contributed by atoms with Gasteiger partial charge in [0.2, 0.25) is 5.75 Å². The van der Waals surface area contributed by atoms with Gasteiger partial charge in [-0.1, -0.05) is 13.8 Å². The highest BCUT2D eigenvalue weighted by Crippen LogP contribution is 2.41. The lowest BCUT2D eigenvalue weighted by atomic mass is 10.1. The zero-order valence-electron chi connectivity index (χ0n) is 22.5. The molecular weight excluding hydrogens is 474 g/mol. The molecule has 0 saturated heterocycles. The molecule has 2 heterocycles. The highest BCUT2D eigenvalue weighted by atomic mass is 16.5. The maximum atomic E-state index is 5.54. The molecule has 10 heteroatoms. The van der Waals surface area contributed by atoms with Gasteiger partial charge in [-0.15, -0.1) is 5.10 Å². The molecule has 1 N–H and O–H groups in total. The summed E-state index contributed by atoms with van der Waals surface area (Å²) in [5.41, 5.74) is 3.09. The first-order chi connectivity index (χ1) is 17.9. The van der Waals surface area contributed by atoms with E-state index in [1.807, 2.05) is 41.8 Å². The lowest BCUT2D eigenvalue weighted by Crippen LogP contribution is -2.08. The monoisotopic (exact) mass is 507 g/mol. The van der Waals surface area contributed by atoms with Gasteiger partial charge in [-0.25, -0.2) is 14.5 Å². The Morgan fingerprint density at radius 3 is 2.05 bits per heavy atom. The fraction of sp³-hybridized carbons (Fsp3) is 0.370. The maximum Gasteiger partial charge on any atom is 0.203 e. The van der Waals surface area contributed by atoms with E-state index < -0.39 is 0 Å². The van der Waals surface area contributed by atoms with Crippen LogP contribution in [0.5, 0.6) is 28.7 Å². The number of aromatic nitrogens is 4. The van der Waals surface area contributed by atoms with Crippen LogP contribution in [0, 0.1) is 6.92 Å². The molecule has 0 aliphatic heterocycles. The van der Waals surface area contributed by atoms with Crippen molar-refractivity contribution in [3.05, 3.63) is 41.9 Å². The molecule has 4 aromatic rings. The molecule has 0 amide bonds. The molecule has 0 spiro atoms. The normalized spacial score (nSPS) is 11.8. The minimum absolute atomic E-state index is 0.198. The molecule has 0 bridgehead atoms. The minimum Gasteiger partial charge on any atom is -0.493 e. The van der Waals surface area contributed by atoms with E-state index in [2.05, 4.69) is 19.2 Å². The first-order valence-corrected chi connectivity index (χ1v) is 12.0. The van der Waals surface area contributed by atoms with Gasteiger partial charge < -0.3 is 29.0 Å². The molecule has 2 aromatic carbocycles. The van der Waals surface area contributed by atoms with Gasteiger partial charge in [0.05, 0.1) is 41.2 Å². The third-order valence-corrected chi connectivity index (χ3v) is 6.31. The lowest BCUT2D eigenvalue weighted by molar-refractivity contribution is 0.324. The van der Waals surface area contributed by atoms with E-state index in [-0.39, 0.29) is 5.92 Å². The SMILES string of the molecule is CCC(C)c1nc(C)c2c(Nc3cc(OC)c(OC)c(OC)c3)nc(-c3ccc(OC)c(OC)c3)nn12. The van der Waals surface area contributed by atoms with Gasteiger partial charge in [0, 0.05) is 29.3 Å². The molecule has 37 heavy (non-hydrogen) atoms. The van der Waals surface area contributed by atoms with Gasteiger partial charge in [-0.05, 0) is 31.5 Å². The van der Waals surface area contributed by atoms with Crippen LogP contribution in [0.1, 0.15) is 37.7 Å². The third-order valence-electron chi connectivity index (χ3n) is 6.31. The molecule has 2 aromatic heterocycles. The fourth-order valence-corrected chi connectivity index (χ4v) is 4.17. The number of nitrogens with zero attached hydrogens (tertiary/aromatic N) is 4. The zero-order chi connectivity index (χ0) is 26.7. The van der Waals surface area contributed by atoms with Crippen LogP contribution >= 0.6 is 0 Å². The molecule has 196 valence electrons. The van der Waals surface area contributed by atoms with E-state index in [0.29, 0.717) is 46.1 Å². The quantitative estimate of drug-likeness (QED) is 0.302. The van der Waals surface area contributed by atoms with Gasteiger partial charge in [0.1, 0.15) is 11.3 Å². The van der Waals surface area contributed by atoms with Crippen molar-refractivity contribution in [2.45, 2.75) is 33.1 Å². The molecule has 4 rings (SSSR count). The fourth-order valence-electron chi connectivity index (χ4n) is 4.17. The highest BCUT2D eigenvalue weighted by Gasteiger charge is 2.22. The summed E-state index contributed by atoms with van der Waals surface area (Å²) in [6.45, 7) is 6.23. The topological polar surface area (TPSA) is 101 Å². The van der Waals surface area contributed by atoms with Crippen LogP contribution in [0.4, 0.5) is 11.5 Å². The molecular formula is C27H33N5O5. The number of rotatable bonds is 10. The number of ether oxygens (including phenoxy) is 5. The van der Waals surface area contributed by atoms with E-state index in [1.165, 1.54) is 0 Å². The summed E-state index contributed by atoms with van der Waals surface area (Å²) in [5, 5.41) is 8.34. The second-order valence-corrected chi connectivity index (χ2v) is 8.52. The number of methoxy groups -OCH3 is 5. The standard InChI is InChI=1S/C27H33N5O5/c1-9-15(2)27-28-16(3)23-26(29-18-13-21(35-6)24(37-8)22(14-18)36-7)30-25(31-32(23)27)17-10-11-19(33-4)20(12-17)34-5/h10-15H,9H2,1-8H3,(H,29,30,31). The first-order valence-electron chi connectivity index (χ1n) is 12.0. The maximum absolute atomic E-state index is 5.54. The van der Waals surface area contributed by atoms with Crippen molar-refractivity contribution in [3.8, 4) is 40.1 Å². The number of nitrogens with one attached hydrogen (secondary N) is 1. The Kier molecular flexibility index (Phi) is 7.56. The number of hydrogen-bond acceptors (Lipinski definition) is 9. The molecule has 10 nitrogen and oxygen atoms in total. The molecule has 0 aliphatic rings. The number of hydrogen-bond donors (Lipinski definition) is 1. The van der Waals surface area contributed by atoms with Crippen molar-refractivity contribution >= 4 is 17.0 Å². The van der Waals surface area contributed by atoms with Crippen LogP contribution in [0.2, 0.25) is 0 Å². The zero-order valence-corrected chi connectivity index (χ0v) is 22.5. The van der Waals surface area contributed by atoms with Crippen molar-refractivity contribution < 1.29 is 23.7 Å². The summed E-state index contributed by atoms with van der Waals surface area (Å²) in [4.78, 5) is 9.78. The second kappa shape index (κ2) is 10.8.